The third-order valence-corrected chi connectivity index (χ3v) is 8.95. The highest BCUT2D eigenvalue weighted by Crippen LogP contribution is 2.37. The van der Waals surface area contributed by atoms with Gasteiger partial charge in [0.2, 0.25) is 5.91 Å². The van der Waals surface area contributed by atoms with Crippen molar-refractivity contribution in [2.75, 3.05) is 45.5 Å². The lowest BCUT2D eigenvalue weighted by molar-refractivity contribution is -0.120. The number of ether oxygens (including phenoxy) is 4. The van der Waals surface area contributed by atoms with Gasteiger partial charge in [-0.25, -0.2) is 16.8 Å². The lowest BCUT2D eigenvalue weighted by atomic mass is 10.1. The van der Waals surface area contributed by atoms with E-state index in [1.54, 1.807) is 25.1 Å². The molecule has 0 fully saturated rings. The number of rotatable bonds is 12. The number of sulfone groups is 1. The SMILES string of the molecule is COc1ccc(OC)c(N(CC(=O)N[C@@H](C)c2ccc(S(C)(=O)=O)cc2)S(=O)(=O)c2ccc(OC)c(OC)c2)c1. The Bertz CT molecular complexity index is 1570. The van der Waals surface area contributed by atoms with Gasteiger partial charge in [-0.1, -0.05) is 12.1 Å². The second kappa shape index (κ2) is 12.5. The molecule has 1 atom stereocenters. The third kappa shape index (κ3) is 6.77. The molecule has 40 heavy (non-hydrogen) atoms. The Balaban J connectivity index is 2.01. The number of carbonyl (C=O) groups excluding carboxylic acids is 1. The second-order valence-corrected chi connectivity index (χ2v) is 12.6. The predicted octanol–water partition coefficient (Wildman–Crippen LogP) is 3.20. The number of amides is 1. The average molecular weight is 593 g/mol. The van der Waals surface area contributed by atoms with Crippen LogP contribution in [0.1, 0.15) is 18.5 Å². The zero-order valence-corrected chi connectivity index (χ0v) is 24.6. The molecule has 0 saturated carbocycles. The lowest BCUT2D eigenvalue weighted by Gasteiger charge is -2.27. The number of carbonyl (C=O) groups is 1. The summed E-state index contributed by atoms with van der Waals surface area (Å²) >= 11 is 0. The monoisotopic (exact) mass is 592 g/mol. The highest BCUT2D eigenvalue weighted by molar-refractivity contribution is 7.93. The first-order valence-electron chi connectivity index (χ1n) is 11.9. The molecule has 0 radical (unpaired) electrons. The summed E-state index contributed by atoms with van der Waals surface area (Å²) in [5, 5.41) is 2.77. The van der Waals surface area contributed by atoms with Gasteiger partial charge in [-0.2, -0.15) is 0 Å². The fourth-order valence-corrected chi connectivity index (χ4v) is 5.97. The van der Waals surface area contributed by atoms with Crippen LogP contribution in [0.3, 0.4) is 0 Å². The van der Waals surface area contributed by atoms with Crippen LogP contribution in [0.5, 0.6) is 23.0 Å². The predicted molar refractivity (Wildman–Crippen MR) is 150 cm³/mol. The molecule has 0 aliphatic carbocycles. The molecule has 0 aliphatic rings. The lowest BCUT2D eigenvalue weighted by Crippen LogP contribution is -2.41. The summed E-state index contributed by atoms with van der Waals surface area (Å²) in [5.41, 5.74) is 0.714. The smallest absolute Gasteiger partial charge is 0.265 e. The average Bonchev–Trinajstić information content (AvgIpc) is 2.94. The Hall–Kier alpha value is -3.97. The van der Waals surface area contributed by atoms with Crippen molar-refractivity contribution < 1.29 is 40.6 Å². The number of hydrogen-bond acceptors (Lipinski definition) is 9. The van der Waals surface area contributed by atoms with Gasteiger partial charge in [-0.15, -0.1) is 0 Å². The van der Waals surface area contributed by atoms with Crippen molar-refractivity contribution in [3.05, 3.63) is 66.2 Å². The Morgan fingerprint density at radius 2 is 1.35 bits per heavy atom. The molecule has 13 heteroatoms. The van der Waals surface area contributed by atoms with Gasteiger partial charge < -0.3 is 24.3 Å². The molecule has 0 saturated heterocycles. The van der Waals surface area contributed by atoms with Crippen LogP contribution in [-0.2, 0) is 24.7 Å². The molecule has 0 bridgehead atoms. The highest BCUT2D eigenvalue weighted by Gasteiger charge is 2.31. The van der Waals surface area contributed by atoms with Crippen molar-refractivity contribution in [1.82, 2.24) is 5.32 Å². The van der Waals surface area contributed by atoms with E-state index in [0.717, 1.165) is 10.6 Å². The number of nitrogens with zero attached hydrogens (tertiary/aromatic N) is 1. The largest absolute Gasteiger partial charge is 0.497 e. The Labute approximate surface area is 234 Å². The standard InChI is InChI=1S/C27H32N2O9S2/c1-18(19-7-10-21(11-8-19)39(6,31)32)28-27(30)17-29(23-15-20(35-2)9-13-24(23)36-3)40(33,34)22-12-14-25(37-4)26(16-22)38-5/h7-16,18H,17H2,1-6H3,(H,28,30)/t18-/m0/s1. The van der Waals surface area contributed by atoms with Crippen LogP contribution >= 0.6 is 0 Å². The van der Waals surface area contributed by atoms with Crippen LogP contribution in [-0.4, -0.2) is 64.0 Å². The maximum Gasteiger partial charge on any atom is 0.265 e. The van der Waals surface area contributed by atoms with Gasteiger partial charge in [0, 0.05) is 18.4 Å². The van der Waals surface area contributed by atoms with Crippen molar-refractivity contribution in [3.63, 3.8) is 0 Å². The van der Waals surface area contributed by atoms with Gasteiger partial charge in [0.15, 0.2) is 21.3 Å². The van der Waals surface area contributed by atoms with E-state index in [2.05, 4.69) is 5.32 Å². The molecule has 3 rings (SSSR count). The fraction of sp³-hybridized carbons (Fsp3) is 0.296. The van der Waals surface area contributed by atoms with E-state index in [-0.39, 0.29) is 27.0 Å². The van der Waals surface area contributed by atoms with Gasteiger partial charge in [-0.3, -0.25) is 9.10 Å². The minimum atomic E-state index is -4.35. The van der Waals surface area contributed by atoms with Crippen LogP contribution in [0, 0.1) is 0 Å². The zero-order chi connectivity index (χ0) is 29.7. The summed E-state index contributed by atoms with van der Waals surface area (Å²) in [6, 6.07) is 14.2. The highest BCUT2D eigenvalue weighted by atomic mass is 32.2. The minimum absolute atomic E-state index is 0.0805. The Morgan fingerprint density at radius 3 is 1.90 bits per heavy atom. The maximum absolute atomic E-state index is 14.0. The second-order valence-electron chi connectivity index (χ2n) is 8.70. The molecule has 3 aromatic rings. The summed E-state index contributed by atoms with van der Waals surface area (Å²) in [4.78, 5) is 13.3. The van der Waals surface area contributed by atoms with E-state index in [9.17, 15) is 21.6 Å². The van der Waals surface area contributed by atoms with E-state index < -0.39 is 38.4 Å². The first kappa shape index (κ1) is 30.6. The number of nitrogens with one attached hydrogen (secondary N) is 1. The van der Waals surface area contributed by atoms with Crippen molar-refractivity contribution in [2.45, 2.75) is 22.8 Å². The topological polar surface area (TPSA) is 138 Å². The van der Waals surface area contributed by atoms with Crippen LogP contribution in [0.15, 0.2) is 70.5 Å². The number of anilines is 1. The van der Waals surface area contributed by atoms with Gasteiger partial charge in [0.1, 0.15) is 18.0 Å². The quantitative estimate of drug-likeness (QED) is 0.336. The van der Waals surface area contributed by atoms with Crippen LogP contribution < -0.4 is 28.6 Å². The van der Waals surface area contributed by atoms with Crippen molar-refractivity contribution >= 4 is 31.5 Å². The molecule has 0 unspecified atom stereocenters. The summed E-state index contributed by atoms with van der Waals surface area (Å²) in [6.07, 6.45) is 1.10. The molecule has 3 aromatic carbocycles. The van der Waals surface area contributed by atoms with E-state index >= 15 is 0 Å². The summed E-state index contributed by atoms with van der Waals surface area (Å²) in [6.45, 7) is 1.10. The van der Waals surface area contributed by atoms with Crippen LogP contribution in [0.4, 0.5) is 5.69 Å². The summed E-state index contributed by atoms with van der Waals surface area (Å²) in [5.74, 6) is 0.455. The van der Waals surface area contributed by atoms with Crippen LogP contribution in [0.25, 0.3) is 0 Å². The first-order valence-corrected chi connectivity index (χ1v) is 15.2. The van der Waals surface area contributed by atoms with E-state index in [1.165, 1.54) is 70.9 Å². The van der Waals surface area contributed by atoms with E-state index in [1.807, 2.05) is 0 Å². The molecule has 0 heterocycles. The Morgan fingerprint density at radius 1 is 0.775 bits per heavy atom. The number of hydrogen-bond donors (Lipinski definition) is 1. The number of methoxy groups -OCH3 is 4. The Kier molecular flexibility index (Phi) is 9.53. The maximum atomic E-state index is 14.0. The molecule has 11 nitrogen and oxygen atoms in total. The molecule has 1 N–H and O–H groups in total. The molecule has 0 aliphatic heterocycles. The number of benzene rings is 3. The van der Waals surface area contributed by atoms with E-state index in [4.69, 9.17) is 18.9 Å². The van der Waals surface area contributed by atoms with Gasteiger partial charge in [-0.05, 0) is 48.9 Å². The molecular weight excluding hydrogens is 560 g/mol. The van der Waals surface area contributed by atoms with Gasteiger partial charge >= 0.3 is 0 Å². The van der Waals surface area contributed by atoms with Crippen LogP contribution in [0.2, 0.25) is 0 Å². The van der Waals surface area contributed by atoms with Gasteiger partial charge in [0.05, 0.1) is 50.0 Å². The fourth-order valence-electron chi connectivity index (χ4n) is 3.90. The first-order chi connectivity index (χ1) is 18.8. The van der Waals surface area contributed by atoms with Gasteiger partial charge in [0.25, 0.3) is 10.0 Å². The van der Waals surface area contributed by atoms with Crippen molar-refractivity contribution in [3.8, 4) is 23.0 Å². The molecule has 1 amide bonds. The van der Waals surface area contributed by atoms with Crippen molar-refractivity contribution in [1.29, 1.82) is 0 Å². The summed E-state index contributed by atoms with van der Waals surface area (Å²) in [7, 11) is -2.10. The van der Waals surface area contributed by atoms with E-state index in [0.29, 0.717) is 17.1 Å². The zero-order valence-electron chi connectivity index (χ0n) is 23.0. The summed E-state index contributed by atoms with van der Waals surface area (Å²) < 4.78 is 73.7. The third-order valence-electron chi connectivity index (χ3n) is 6.07. The molecule has 0 aromatic heterocycles. The minimum Gasteiger partial charge on any atom is -0.497 e. The number of sulfonamides is 1. The molecule has 216 valence electrons. The molecular formula is C27H32N2O9S2. The molecule has 0 spiro atoms. The van der Waals surface area contributed by atoms with Crippen molar-refractivity contribution in [2.24, 2.45) is 0 Å². The normalized spacial score (nSPS) is 12.2.